The third-order valence-electron chi connectivity index (χ3n) is 2.72. The Morgan fingerprint density at radius 1 is 1.25 bits per heavy atom. The van der Waals surface area contributed by atoms with Crippen molar-refractivity contribution in [1.82, 2.24) is 4.98 Å². The van der Waals surface area contributed by atoms with Gasteiger partial charge in [-0.05, 0) is 32.4 Å². The molecule has 20 heavy (non-hydrogen) atoms. The third kappa shape index (κ3) is 2.82. The van der Waals surface area contributed by atoms with Crippen molar-refractivity contribution in [3.05, 3.63) is 35.5 Å². The van der Waals surface area contributed by atoms with Crippen molar-refractivity contribution >= 4 is 5.97 Å². The number of aromatic nitrogens is 1. The zero-order valence-corrected chi connectivity index (χ0v) is 11.8. The zero-order chi connectivity index (χ0) is 14.5. The second kappa shape index (κ2) is 6.23. The molecule has 1 aromatic carbocycles. The first kappa shape index (κ1) is 14.1. The lowest BCUT2D eigenvalue weighted by atomic mass is 10.1. The Morgan fingerprint density at radius 2 is 2.00 bits per heavy atom. The number of carbonyl (C=O) groups excluding carboxylic acids is 1. The van der Waals surface area contributed by atoms with Crippen molar-refractivity contribution in [2.24, 2.45) is 0 Å². The Balaban J connectivity index is 2.44. The Kier molecular flexibility index (Phi) is 4.40. The molecule has 0 unspecified atom stereocenters. The standard InChI is InChI=1S/C15H17NO4/c1-4-18-14(17)12-15(19-5-2)20-13(16-12)11-9-7-6-8-10(11)3/h6-9H,4-5H2,1-3H3. The van der Waals surface area contributed by atoms with Gasteiger partial charge in [-0.1, -0.05) is 18.2 Å². The van der Waals surface area contributed by atoms with E-state index in [1.165, 1.54) is 0 Å². The number of esters is 1. The molecule has 106 valence electrons. The molecule has 0 aliphatic carbocycles. The van der Waals surface area contributed by atoms with Crippen LogP contribution in [0.25, 0.3) is 11.5 Å². The molecule has 5 heteroatoms. The van der Waals surface area contributed by atoms with Crippen LogP contribution >= 0.6 is 0 Å². The highest BCUT2D eigenvalue weighted by Crippen LogP contribution is 2.29. The molecular formula is C15H17NO4. The van der Waals surface area contributed by atoms with Crippen LogP contribution in [-0.4, -0.2) is 24.2 Å². The molecule has 0 aliphatic rings. The number of nitrogens with zero attached hydrogens (tertiary/aromatic N) is 1. The van der Waals surface area contributed by atoms with Gasteiger partial charge in [-0.15, -0.1) is 0 Å². The molecule has 0 radical (unpaired) electrons. The van der Waals surface area contributed by atoms with Crippen LogP contribution in [0.5, 0.6) is 5.95 Å². The van der Waals surface area contributed by atoms with E-state index in [1.807, 2.05) is 38.1 Å². The van der Waals surface area contributed by atoms with Gasteiger partial charge >= 0.3 is 11.9 Å². The quantitative estimate of drug-likeness (QED) is 0.784. The van der Waals surface area contributed by atoms with Crippen molar-refractivity contribution in [3.63, 3.8) is 0 Å². The van der Waals surface area contributed by atoms with Crippen molar-refractivity contribution in [3.8, 4) is 17.4 Å². The molecule has 0 N–H and O–H groups in total. The molecular weight excluding hydrogens is 258 g/mol. The van der Waals surface area contributed by atoms with E-state index in [-0.39, 0.29) is 18.2 Å². The summed E-state index contributed by atoms with van der Waals surface area (Å²) in [7, 11) is 0. The summed E-state index contributed by atoms with van der Waals surface area (Å²) in [5.74, 6) is -0.0849. The van der Waals surface area contributed by atoms with Crippen LogP contribution in [0.3, 0.4) is 0 Å². The molecule has 5 nitrogen and oxygen atoms in total. The molecule has 1 aromatic heterocycles. The van der Waals surface area contributed by atoms with E-state index in [2.05, 4.69) is 4.98 Å². The van der Waals surface area contributed by atoms with Gasteiger partial charge in [-0.25, -0.2) is 4.79 Å². The van der Waals surface area contributed by atoms with Gasteiger partial charge in [-0.2, -0.15) is 4.98 Å². The summed E-state index contributed by atoms with van der Waals surface area (Å²) in [5, 5.41) is 0. The van der Waals surface area contributed by atoms with E-state index in [0.29, 0.717) is 12.5 Å². The number of ether oxygens (including phenoxy) is 2. The summed E-state index contributed by atoms with van der Waals surface area (Å²) in [5.41, 5.74) is 1.91. The number of oxazole rings is 1. The lowest BCUT2D eigenvalue weighted by molar-refractivity contribution is 0.0512. The minimum absolute atomic E-state index is 0.0759. The molecule has 0 aliphatic heterocycles. The predicted molar refractivity (Wildman–Crippen MR) is 73.8 cm³/mol. The van der Waals surface area contributed by atoms with Crippen LogP contribution < -0.4 is 4.74 Å². The number of carbonyl (C=O) groups is 1. The summed E-state index contributed by atoms with van der Waals surface area (Å²) in [6.07, 6.45) is 0. The van der Waals surface area contributed by atoms with E-state index in [1.54, 1.807) is 6.92 Å². The molecule has 0 saturated carbocycles. The molecule has 0 fully saturated rings. The smallest absolute Gasteiger partial charge is 0.364 e. The first-order chi connectivity index (χ1) is 9.67. The fourth-order valence-corrected chi connectivity index (χ4v) is 1.79. The average Bonchev–Trinajstić information content (AvgIpc) is 2.84. The summed E-state index contributed by atoms with van der Waals surface area (Å²) < 4.78 is 15.8. The van der Waals surface area contributed by atoms with Gasteiger partial charge in [0.25, 0.3) is 0 Å². The fourth-order valence-electron chi connectivity index (χ4n) is 1.79. The van der Waals surface area contributed by atoms with Crippen LogP contribution in [0.1, 0.15) is 29.9 Å². The van der Waals surface area contributed by atoms with E-state index < -0.39 is 5.97 Å². The van der Waals surface area contributed by atoms with Gasteiger partial charge in [-0.3, -0.25) is 0 Å². The Hall–Kier alpha value is -2.30. The number of rotatable bonds is 5. The minimum atomic E-state index is -0.542. The fraction of sp³-hybridized carbons (Fsp3) is 0.333. The Morgan fingerprint density at radius 3 is 2.65 bits per heavy atom. The molecule has 2 rings (SSSR count). The SMILES string of the molecule is CCOC(=O)c1nc(-c2ccccc2C)oc1OCC. The normalized spacial score (nSPS) is 10.3. The van der Waals surface area contributed by atoms with Gasteiger partial charge in [0.2, 0.25) is 11.6 Å². The van der Waals surface area contributed by atoms with Crippen LogP contribution in [0.4, 0.5) is 0 Å². The monoisotopic (exact) mass is 275 g/mol. The summed E-state index contributed by atoms with van der Waals surface area (Å²) >= 11 is 0. The highest BCUT2D eigenvalue weighted by atomic mass is 16.6. The van der Waals surface area contributed by atoms with Crippen LogP contribution in [0.2, 0.25) is 0 Å². The average molecular weight is 275 g/mol. The maximum absolute atomic E-state index is 11.8. The maximum Gasteiger partial charge on any atom is 0.364 e. The molecule has 1 heterocycles. The summed E-state index contributed by atoms with van der Waals surface area (Å²) in [6.45, 7) is 6.15. The number of benzene rings is 1. The van der Waals surface area contributed by atoms with E-state index in [9.17, 15) is 4.79 Å². The first-order valence-electron chi connectivity index (χ1n) is 6.54. The number of aryl methyl sites for hydroxylation is 1. The largest absolute Gasteiger partial charge is 0.464 e. The van der Waals surface area contributed by atoms with Gasteiger partial charge in [0.15, 0.2) is 0 Å². The van der Waals surface area contributed by atoms with Crippen molar-refractivity contribution in [2.75, 3.05) is 13.2 Å². The second-order valence-corrected chi connectivity index (χ2v) is 4.12. The topological polar surface area (TPSA) is 61.6 Å². The van der Waals surface area contributed by atoms with Crippen LogP contribution in [0, 0.1) is 6.92 Å². The lowest BCUT2D eigenvalue weighted by Crippen LogP contribution is -2.07. The van der Waals surface area contributed by atoms with E-state index >= 15 is 0 Å². The molecule has 0 bridgehead atoms. The van der Waals surface area contributed by atoms with Gasteiger partial charge in [0.05, 0.1) is 13.2 Å². The molecule has 2 aromatic rings. The van der Waals surface area contributed by atoms with E-state index in [4.69, 9.17) is 13.9 Å². The Bertz CT molecular complexity index is 604. The second-order valence-electron chi connectivity index (χ2n) is 4.12. The van der Waals surface area contributed by atoms with Gasteiger partial charge in [0, 0.05) is 5.56 Å². The molecule has 0 atom stereocenters. The van der Waals surface area contributed by atoms with Crippen molar-refractivity contribution in [1.29, 1.82) is 0 Å². The zero-order valence-electron chi connectivity index (χ0n) is 11.8. The number of hydrogen-bond donors (Lipinski definition) is 0. The van der Waals surface area contributed by atoms with E-state index in [0.717, 1.165) is 11.1 Å². The van der Waals surface area contributed by atoms with Crippen molar-refractivity contribution < 1.29 is 18.7 Å². The van der Waals surface area contributed by atoms with Crippen LogP contribution in [-0.2, 0) is 4.74 Å². The number of hydrogen-bond acceptors (Lipinski definition) is 5. The summed E-state index contributed by atoms with van der Waals surface area (Å²) in [6, 6.07) is 7.64. The molecule has 0 saturated heterocycles. The van der Waals surface area contributed by atoms with Crippen molar-refractivity contribution in [2.45, 2.75) is 20.8 Å². The minimum Gasteiger partial charge on any atom is -0.464 e. The Labute approximate surface area is 117 Å². The van der Waals surface area contributed by atoms with Crippen LogP contribution in [0.15, 0.2) is 28.7 Å². The summed E-state index contributed by atoms with van der Waals surface area (Å²) in [4.78, 5) is 16.1. The highest BCUT2D eigenvalue weighted by Gasteiger charge is 2.23. The van der Waals surface area contributed by atoms with Gasteiger partial charge in [0.1, 0.15) is 0 Å². The third-order valence-corrected chi connectivity index (χ3v) is 2.72. The molecule has 0 spiro atoms. The maximum atomic E-state index is 11.8. The predicted octanol–water partition coefficient (Wildman–Crippen LogP) is 3.23. The first-order valence-corrected chi connectivity index (χ1v) is 6.54. The van der Waals surface area contributed by atoms with Gasteiger partial charge < -0.3 is 13.9 Å². The highest BCUT2D eigenvalue weighted by molar-refractivity contribution is 5.90. The lowest BCUT2D eigenvalue weighted by Gasteiger charge is -2.00. The molecule has 0 amide bonds.